The van der Waals surface area contributed by atoms with Crippen LogP contribution in [0.2, 0.25) is 0 Å². The maximum absolute atomic E-state index is 13.6. The fourth-order valence-corrected chi connectivity index (χ4v) is 7.67. The van der Waals surface area contributed by atoms with E-state index in [4.69, 9.17) is 11.5 Å². The van der Waals surface area contributed by atoms with Crippen molar-refractivity contribution in [2.24, 2.45) is 23.3 Å². The van der Waals surface area contributed by atoms with E-state index < -0.39 is 35.8 Å². The van der Waals surface area contributed by atoms with Crippen LogP contribution in [-0.4, -0.2) is 89.4 Å². The molecule has 0 aromatic rings. The minimum absolute atomic E-state index is 0.0375. The fourth-order valence-electron chi connectivity index (χ4n) is 7.67. The molecule has 312 valence electrons. The van der Waals surface area contributed by atoms with Gasteiger partial charge in [0.25, 0.3) is 0 Å². The van der Waals surface area contributed by atoms with Crippen molar-refractivity contribution in [3.63, 3.8) is 0 Å². The number of amides is 6. The van der Waals surface area contributed by atoms with Crippen LogP contribution in [0, 0.1) is 11.8 Å². The number of nitrogens with one attached hydrogen (secondary N) is 4. The third-order valence-corrected chi connectivity index (χ3v) is 11.2. The number of primary amides is 2. The summed E-state index contributed by atoms with van der Waals surface area (Å²) >= 11 is 0. The topological polar surface area (TPSA) is 223 Å². The molecule has 2 aliphatic heterocycles. The average Bonchev–Trinajstić information content (AvgIpc) is 3.86. The summed E-state index contributed by atoms with van der Waals surface area (Å²) in [6.07, 6.45) is 12.0. The first-order chi connectivity index (χ1) is 26.2. The Balaban J connectivity index is 1.93. The minimum Gasteiger partial charge on any atom is -0.370 e. The molecule has 0 aromatic heterocycles. The van der Waals surface area contributed by atoms with Crippen LogP contribution in [0.25, 0.3) is 0 Å². The Bertz CT molecular complexity index is 1320. The van der Waals surface area contributed by atoms with E-state index in [1.54, 1.807) is 11.8 Å². The Morgan fingerprint density at radius 2 is 1.49 bits per heavy atom. The number of carbonyl (C=O) groups excluding carboxylic acids is 7. The molecule has 14 heteroatoms. The molecular formula is C41H71N7O7. The molecule has 7 unspecified atom stereocenters. The number of nitrogens with zero attached hydrogens (tertiary/aromatic N) is 1. The number of hydrogen-bond donors (Lipinski definition) is 6. The molecule has 2 aliphatic rings. The van der Waals surface area contributed by atoms with Crippen LogP contribution in [-0.2, 0) is 33.6 Å². The van der Waals surface area contributed by atoms with Gasteiger partial charge in [0.1, 0.15) is 6.04 Å². The fraction of sp³-hybridized carbons (Fsp3) is 0.780. The lowest BCUT2D eigenvalue weighted by molar-refractivity contribution is -0.138. The molecule has 7 atom stereocenters. The standard InChI is InChI=1S/C41H71N7O7/c1-6-27(4)24-30(26-39(53)48-23-13-17-34(48)35(49)8-3)45-41(55)33(19-21-37(43)51)46-38(52)25-28(5)14-10-9-11-15-29(7-2)31(18-20-36(42)50)47-40(54)32-16-12-22-44-32/h7,27-28,30-34,44H,6,8-26H2,1-5H3,(H2,42,50)(H2,43,51)(H,45,55)(H,46,52)(H,47,54)/b29-7-. The van der Waals surface area contributed by atoms with Crippen LogP contribution < -0.4 is 32.7 Å². The zero-order valence-corrected chi connectivity index (χ0v) is 34.2. The molecule has 8 N–H and O–H groups in total. The summed E-state index contributed by atoms with van der Waals surface area (Å²) in [5.41, 5.74) is 11.9. The lowest BCUT2D eigenvalue weighted by Crippen LogP contribution is -2.51. The quantitative estimate of drug-likeness (QED) is 0.0535. The monoisotopic (exact) mass is 774 g/mol. The van der Waals surface area contributed by atoms with Gasteiger partial charge in [-0.25, -0.2) is 0 Å². The molecule has 2 saturated heterocycles. The lowest BCUT2D eigenvalue weighted by atomic mass is 9.94. The van der Waals surface area contributed by atoms with Gasteiger partial charge in [0.2, 0.25) is 35.4 Å². The van der Waals surface area contributed by atoms with E-state index in [0.29, 0.717) is 32.2 Å². The molecule has 0 aromatic carbocycles. The van der Waals surface area contributed by atoms with Gasteiger partial charge in [-0.15, -0.1) is 0 Å². The number of unbranched alkanes of at least 4 members (excludes halogenated alkanes) is 2. The first-order valence-corrected chi connectivity index (χ1v) is 20.9. The van der Waals surface area contributed by atoms with Gasteiger partial charge in [0.05, 0.1) is 18.1 Å². The van der Waals surface area contributed by atoms with E-state index in [1.165, 1.54) is 0 Å². The summed E-state index contributed by atoms with van der Waals surface area (Å²) < 4.78 is 0. The molecule has 2 rings (SSSR count). The Morgan fingerprint density at radius 3 is 2.09 bits per heavy atom. The predicted octanol–water partition coefficient (Wildman–Crippen LogP) is 3.44. The van der Waals surface area contributed by atoms with Gasteiger partial charge < -0.3 is 37.6 Å². The van der Waals surface area contributed by atoms with E-state index in [2.05, 4.69) is 28.2 Å². The highest BCUT2D eigenvalue weighted by Crippen LogP contribution is 2.23. The Morgan fingerprint density at radius 1 is 0.800 bits per heavy atom. The highest BCUT2D eigenvalue weighted by atomic mass is 16.2. The van der Waals surface area contributed by atoms with E-state index >= 15 is 0 Å². The van der Waals surface area contributed by atoms with Crippen molar-refractivity contribution in [3.8, 4) is 0 Å². The number of likely N-dealkylation sites (tertiary alicyclic amines) is 1. The second-order valence-corrected chi connectivity index (χ2v) is 15.8. The zero-order chi connectivity index (χ0) is 40.9. The van der Waals surface area contributed by atoms with E-state index in [1.807, 2.05) is 26.8 Å². The number of allylic oxidation sites excluding steroid dienone is 1. The molecular weight excluding hydrogens is 702 g/mol. The van der Waals surface area contributed by atoms with Crippen molar-refractivity contribution >= 4 is 41.2 Å². The second-order valence-electron chi connectivity index (χ2n) is 15.8. The smallest absolute Gasteiger partial charge is 0.242 e. The molecule has 0 radical (unpaired) electrons. The van der Waals surface area contributed by atoms with E-state index in [9.17, 15) is 33.6 Å². The summed E-state index contributed by atoms with van der Waals surface area (Å²) in [6, 6.07) is -2.38. The lowest BCUT2D eigenvalue weighted by Gasteiger charge is -2.29. The molecule has 0 spiro atoms. The summed E-state index contributed by atoms with van der Waals surface area (Å²) in [4.78, 5) is 90.5. The molecule has 0 aliphatic carbocycles. The summed E-state index contributed by atoms with van der Waals surface area (Å²) in [7, 11) is 0. The highest BCUT2D eigenvalue weighted by molar-refractivity contribution is 5.91. The number of rotatable bonds is 27. The van der Waals surface area contributed by atoms with Gasteiger partial charge in [-0.1, -0.05) is 65.0 Å². The molecule has 55 heavy (non-hydrogen) atoms. The average molecular weight is 774 g/mol. The third-order valence-electron chi connectivity index (χ3n) is 11.2. The zero-order valence-electron chi connectivity index (χ0n) is 34.2. The number of carbonyl (C=O) groups is 7. The second kappa shape index (κ2) is 25.4. The normalized spacial score (nSPS) is 19.9. The van der Waals surface area contributed by atoms with Crippen LogP contribution in [0.1, 0.15) is 150 Å². The highest BCUT2D eigenvalue weighted by Gasteiger charge is 2.35. The van der Waals surface area contributed by atoms with Gasteiger partial charge in [-0.3, -0.25) is 33.6 Å². The van der Waals surface area contributed by atoms with Crippen LogP contribution in [0.5, 0.6) is 0 Å². The van der Waals surface area contributed by atoms with Crippen LogP contribution >= 0.6 is 0 Å². The van der Waals surface area contributed by atoms with Crippen molar-refractivity contribution in [1.82, 2.24) is 26.2 Å². The van der Waals surface area contributed by atoms with Crippen LogP contribution in [0.4, 0.5) is 0 Å². The summed E-state index contributed by atoms with van der Waals surface area (Å²) in [5, 5.41) is 12.2. The van der Waals surface area contributed by atoms with Gasteiger partial charge in [-0.2, -0.15) is 0 Å². The van der Waals surface area contributed by atoms with Gasteiger partial charge >= 0.3 is 0 Å². The van der Waals surface area contributed by atoms with Crippen molar-refractivity contribution in [2.45, 2.75) is 180 Å². The first kappa shape index (κ1) is 47.3. The molecule has 14 nitrogen and oxygen atoms in total. The molecule has 0 bridgehead atoms. The molecule has 0 saturated carbocycles. The molecule has 2 heterocycles. The van der Waals surface area contributed by atoms with Crippen molar-refractivity contribution in [1.29, 1.82) is 0 Å². The van der Waals surface area contributed by atoms with Crippen LogP contribution in [0.15, 0.2) is 11.6 Å². The summed E-state index contributed by atoms with van der Waals surface area (Å²) in [5.74, 6) is -1.66. The largest absolute Gasteiger partial charge is 0.370 e. The van der Waals surface area contributed by atoms with Crippen LogP contribution in [0.3, 0.4) is 0 Å². The minimum atomic E-state index is -0.991. The molecule has 2 fully saturated rings. The van der Waals surface area contributed by atoms with Crippen molar-refractivity contribution < 1.29 is 33.6 Å². The van der Waals surface area contributed by atoms with Crippen molar-refractivity contribution in [3.05, 3.63) is 11.6 Å². The number of Topliss-reactive ketones (excluding diaryl/α,β-unsaturated/α-hetero) is 1. The first-order valence-electron chi connectivity index (χ1n) is 20.9. The maximum Gasteiger partial charge on any atom is 0.242 e. The number of hydrogen-bond acceptors (Lipinski definition) is 8. The van der Waals surface area contributed by atoms with Crippen molar-refractivity contribution in [2.75, 3.05) is 13.1 Å². The third kappa shape index (κ3) is 17.7. The summed E-state index contributed by atoms with van der Waals surface area (Å²) in [6.45, 7) is 11.2. The number of ketones is 1. The Labute approximate surface area is 328 Å². The van der Waals surface area contributed by atoms with E-state index in [-0.39, 0.29) is 79.5 Å². The maximum atomic E-state index is 13.6. The predicted molar refractivity (Wildman–Crippen MR) is 213 cm³/mol. The Hall–Kier alpha value is -3.81. The molecule has 6 amide bonds. The van der Waals surface area contributed by atoms with E-state index in [0.717, 1.165) is 69.9 Å². The van der Waals surface area contributed by atoms with Gasteiger partial charge in [-0.05, 0) is 83.1 Å². The SMILES string of the molecule is C/C=C(/CCCCCC(C)CC(=O)NC(CCC(N)=O)C(=O)NC(CC(=O)N1CCCC1C(=O)CC)CC(C)CC)C(CCC(N)=O)NC(=O)C1CCCN1. The Kier molecular flexibility index (Phi) is 21.8. The number of nitrogens with two attached hydrogens (primary N) is 2. The van der Waals surface area contributed by atoms with Gasteiger partial charge in [0, 0.05) is 44.7 Å². The van der Waals surface area contributed by atoms with Gasteiger partial charge in [0.15, 0.2) is 5.78 Å².